The highest BCUT2D eigenvalue weighted by Crippen LogP contribution is 2.22. The summed E-state index contributed by atoms with van der Waals surface area (Å²) in [4.78, 5) is 12.3. The van der Waals surface area contributed by atoms with E-state index < -0.39 is 5.60 Å². The number of rotatable bonds is 4. The van der Waals surface area contributed by atoms with E-state index in [1.54, 1.807) is 19.1 Å². The van der Waals surface area contributed by atoms with E-state index in [9.17, 15) is 9.90 Å². The lowest BCUT2D eigenvalue weighted by Crippen LogP contribution is -2.38. The zero-order valence-electron chi connectivity index (χ0n) is 12.9. The van der Waals surface area contributed by atoms with Gasteiger partial charge < -0.3 is 14.8 Å². The Labute approximate surface area is 124 Å². The van der Waals surface area contributed by atoms with Crippen molar-refractivity contribution in [2.75, 3.05) is 6.54 Å². The Morgan fingerprint density at radius 2 is 1.81 bits per heavy atom. The predicted molar refractivity (Wildman–Crippen MR) is 81.3 cm³/mol. The molecular formula is C17H21NO3. The normalized spacial score (nSPS) is 13.8. The Bertz CT molecular complexity index is 636. The van der Waals surface area contributed by atoms with Crippen LogP contribution in [0.4, 0.5) is 0 Å². The van der Waals surface area contributed by atoms with Crippen molar-refractivity contribution in [1.82, 2.24) is 5.32 Å². The SMILES string of the molecule is Cc1ccc(C(C)(O)CNC(=O)c2c(C)cccc2C)o1. The van der Waals surface area contributed by atoms with Gasteiger partial charge in [0, 0.05) is 5.56 Å². The first-order valence-corrected chi connectivity index (χ1v) is 6.95. The first-order valence-electron chi connectivity index (χ1n) is 6.95. The summed E-state index contributed by atoms with van der Waals surface area (Å²) in [6, 6.07) is 9.23. The number of amides is 1. The average molecular weight is 287 g/mol. The maximum absolute atomic E-state index is 12.3. The fraction of sp³-hybridized carbons (Fsp3) is 0.353. The van der Waals surface area contributed by atoms with Crippen LogP contribution >= 0.6 is 0 Å². The molecule has 1 heterocycles. The predicted octanol–water partition coefficient (Wildman–Crippen LogP) is 2.84. The molecule has 0 radical (unpaired) electrons. The van der Waals surface area contributed by atoms with Gasteiger partial charge in [0.2, 0.25) is 0 Å². The van der Waals surface area contributed by atoms with Gasteiger partial charge in [0.1, 0.15) is 17.1 Å². The summed E-state index contributed by atoms with van der Waals surface area (Å²) in [7, 11) is 0. The lowest BCUT2D eigenvalue weighted by atomic mass is 10.0. The number of hydrogen-bond donors (Lipinski definition) is 2. The van der Waals surface area contributed by atoms with Crippen LogP contribution in [-0.2, 0) is 5.60 Å². The van der Waals surface area contributed by atoms with E-state index in [4.69, 9.17) is 4.42 Å². The van der Waals surface area contributed by atoms with Gasteiger partial charge in [0.15, 0.2) is 0 Å². The lowest BCUT2D eigenvalue weighted by Gasteiger charge is -2.22. The summed E-state index contributed by atoms with van der Waals surface area (Å²) in [5.41, 5.74) is 1.26. The quantitative estimate of drug-likeness (QED) is 0.909. The third kappa shape index (κ3) is 3.34. The van der Waals surface area contributed by atoms with Gasteiger partial charge in [-0.2, -0.15) is 0 Å². The van der Waals surface area contributed by atoms with Crippen molar-refractivity contribution in [1.29, 1.82) is 0 Å². The molecule has 4 nitrogen and oxygen atoms in total. The average Bonchev–Trinajstić information content (AvgIpc) is 2.84. The molecule has 112 valence electrons. The Kier molecular flexibility index (Phi) is 4.19. The molecule has 1 aromatic heterocycles. The highest BCUT2D eigenvalue weighted by molar-refractivity contribution is 5.97. The van der Waals surface area contributed by atoms with E-state index in [-0.39, 0.29) is 12.5 Å². The summed E-state index contributed by atoms with van der Waals surface area (Å²) < 4.78 is 5.43. The minimum Gasteiger partial charge on any atom is -0.463 e. The number of furan rings is 1. The molecule has 2 rings (SSSR count). The first-order chi connectivity index (χ1) is 9.81. The molecule has 2 aromatic rings. The van der Waals surface area contributed by atoms with Crippen LogP contribution in [0.2, 0.25) is 0 Å². The zero-order chi connectivity index (χ0) is 15.6. The fourth-order valence-electron chi connectivity index (χ4n) is 2.32. The molecule has 21 heavy (non-hydrogen) atoms. The smallest absolute Gasteiger partial charge is 0.251 e. The van der Waals surface area contributed by atoms with E-state index in [2.05, 4.69) is 5.32 Å². The van der Waals surface area contributed by atoms with Crippen molar-refractivity contribution < 1.29 is 14.3 Å². The minimum absolute atomic E-state index is 0.0898. The number of nitrogens with one attached hydrogen (secondary N) is 1. The maximum atomic E-state index is 12.3. The van der Waals surface area contributed by atoms with Crippen LogP contribution in [0.25, 0.3) is 0 Å². The van der Waals surface area contributed by atoms with Crippen molar-refractivity contribution in [3.63, 3.8) is 0 Å². The molecule has 0 aliphatic heterocycles. The molecule has 4 heteroatoms. The number of carbonyl (C=O) groups is 1. The second-order valence-corrected chi connectivity index (χ2v) is 5.63. The summed E-state index contributed by atoms with van der Waals surface area (Å²) in [5, 5.41) is 13.2. The van der Waals surface area contributed by atoms with Crippen molar-refractivity contribution in [3.8, 4) is 0 Å². The van der Waals surface area contributed by atoms with Crippen molar-refractivity contribution >= 4 is 5.91 Å². The summed E-state index contributed by atoms with van der Waals surface area (Å²) in [5.74, 6) is 0.988. The molecule has 0 fully saturated rings. The maximum Gasteiger partial charge on any atom is 0.251 e. The molecule has 1 unspecified atom stereocenters. The summed E-state index contributed by atoms with van der Waals surface area (Å²) in [6.07, 6.45) is 0. The van der Waals surface area contributed by atoms with E-state index in [1.807, 2.05) is 39.0 Å². The Morgan fingerprint density at radius 1 is 1.19 bits per heavy atom. The molecule has 0 aliphatic carbocycles. The number of hydrogen-bond acceptors (Lipinski definition) is 3. The van der Waals surface area contributed by atoms with Crippen LogP contribution in [0.15, 0.2) is 34.7 Å². The molecule has 0 aliphatic rings. The van der Waals surface area contributed by atoms with E-state index >= 15 is 0 Å². The molecule has 0 saturated carbocycles. The number of aryl methyl sites for hydroxylation is 3. The zero-order valence-corrected chi connectivity index (χ0v) is 12.9. The number of benzene rings is 1. The van der Waals surface area contributed by atoms with Crippen LogP contribution < -0.4 is 5.32 Å². The highest BCUT2D eigenvalue weighted by atomic mass is 16.4. The molecule has 1 aromatic carbocycles. The van der Waals surface area contributed by atoms with Crippen LogP contribution in [0, 0.1) is 20.8 Å². The number of carbonyl (C=O) groups excluding carboxylic acids is 1. The van der Waals surface area contributed by atoms with Crippen LogP contribution in [0.5, 0.6) is 0 Å². The van der Waals surface area contributed by atoms with Gasteiger partial charge in [-0.3, -0.25) is 4.79 Å². The molecule has 1 amide bonds. The largest absolute Gasteiger partial charge is 0.463 e. The van der Waals surface area contributed by atoms with Crippen LogP contribution in [0.1, 0.15) is 39.9 Å². The van der Waals surface area contributed by atoms with E-state index in [1.165, 1.54) is 0 Å². The lowest BCUT2D eigenvalue weighted by molar-refractivity contribution is 0.0323. The van der Waals surface area contributed by atoms with Crippen molar-refractivity contribution in [2.24, 2.45) is 0 Å². The van der Waals surface area contributed by atoms with E-state index in [0.717, 1.165) is 16.9 Å². The van der Waals surface area contributed by atoms with Gasteiger partial charge in [-0.05, 0) is 51.0 Å². The van der Waals surface area contributed by atoms with Gasteiger partial charge in [0.25, 0.3) is 5.91 Å². The third-order valence-corrected chi connectivity index (χ3v) is 3.57. The summed E-state index contributed by atoms with van der Waals surface area (Å²) in [6.45, 7) is 7.32. The molecule has 0 saturated heterocycles. The topological polar surface area (TPSA) is 62.5 Å². The second kappa shape index (κ2) is 5.74. The monoisotopic (exact) mass is 287 g/mol. The van der Waals surface area contributed by atoms with Gasteiger partial charge in [-0.15, -0.1) is 0 Å². The Balaban J connectivity index is 2.11. The van der Waals surface area contributed by atoms with Gasteiger partial charge in [-0.1, -0.05) is 18.2 Å². The van der Waals surface area contributed by atoms with Gasteiger partial charge >= 0.3 is 0 Å². The van der Waals surface area contributed by atoms with Gasteiger partial charge in [0.05, 0.1) is 6.54 Å². The standard InChI is InChI=1S/C17H21NO3/c1-11-6-5-7-12(2)15(11)16(19)18-10-17(4,20)14-9-8-13(3)21-14/h5-9,20H,10H2,1-4H3,(H,18,19). The minimum atomic E-state index is -1.24. The third-order valence-electron chi connectivity index (χ3n) is 3.57. The molecule has 0 spiro atoms. The Hall–Kier alpha value is -2.07. The molecule has 0 bridgehead atoms. The molecular weight excluding hydrogens is 266 g/mol. The molecule has 2 N–H and O–H groups in total. The molecule has 1 atom stereocenters. The van der Waals surface area contributed by atoms with Crippen LogP contribution in [0.3, 0.4) is 0 Å². The van der Waals surface area contributed by atoms with E-state index in [0.29, 0.717) is 11.3 Å². The number of aliphatic hydroxyl groups is 1. The summed E-state index contributed by atoms with van der Waals surface area (Å²) >= 11 is 0. The van der Waals surface area contributed by atoms with Gasteiger partial charge in [-0.25, -0.2) is 0 Å². The Morgan fingerprint density at radius 3 is 2.33 bits per heavy atom. The second-order valence-electron chi connectivity index (χ2n) is 5.63. The highest BCUT2D eigenvalue weighted by Gasteiger charge is 2.28. The van der Waals surface area contributed by atoms with Crippen molar-refractivity contribution in [3.05, 3.63) is 58.5 Å². The van der Waals surface area contributed by atoms with Crippen molar-refractivity contribution in [2.45, 2.75) is 33.3 Å². The van der Waals surface area contributed by atoms with Crippen LogP contribution in [-0.4, -0.2) is 17.6 Å². The first kappa shape index (κ1) is 15.3. The fourth-order valence-corrected chi connectivity index (χ4v) is 2.32.